The Balaban J connectivity index is 1.95. The van der Waals surface area contributed by atoms with E-state index in [-0.39, 0.29) is 17.1 Å². The Morgan fingerprint density at radius 3 is 2.50 bits per heavy atom. The lowest BCUT2D eigenvalue weighted by Crippen LogP contribution is -2.35. The first kappa shape index (κ1) is 15.9. The molecular formula is C17H13ClN2O4. The second-order valence-electron chi connectivity index (χ2n) is 5.32. The molecule has 2 amide bonds. The number of anilines is 1. The fourth-order valence-corrected chi connectivity index (χ4v) is 2.43. The second-order valence-corrected chi connectivity index (χ2v) is 5.73. The van der Waals surface area contributed by atoms with Crippen LogP contribution in [-0.4, -0.2) is 22.0 Å². The fourth-order valence-electron chi connectivity index (χ4n) is 2.26. The summed E-state index contributed by atoms with van der Waals surface area (Å²) in [6.07, 6.45) is 1.34. The first-order valence-corrected chi connectivity index (χ1v) is 7.40. The van der Waals surface area contributed by atoms with Gasteiger partial charge < -0.3 is 10.2 Å². The zero-order valence-electron chi connectivity index (χ0n) is 12.6. The van der Waals surface area contributed by atoms with Gasteiger partial charge >= 0.3 is 0 Å². The Labute approximate surface area is 142 Å². The van der Waals surface area contributed by atoms with Gasteiger partial charge in [-0.2, -0.15) is 0 Å². The number of rotatable bonds is 2. The van der Waals surface area contributed by atoms with Gasteiger partial charge in [-0.25, -0.2) is 5.01 Å². The van der Waals surface area contributed by atoms with E-state index in [9.17, 15) is 19.8 Å². The maximum absolute atomic E-state index is 12.5. The predicted molar refractivity (Wildman–Crippen MR) is 89.6 cm³/mol. The van der Waals surface area contributed by atoms with Crippen molar-refractivity contribution in [3.05, 3.63) is 58.1 Å². The molecule has 0 bridgehead atoms. The minimum atomic E-state index is -0.565. The molecule has 1 fully saturated rings. The van der Waals surface area contributed by atoms with Crippen molar-refractivity contribution in [3.8, 4) is 11.5 Å². The summed E-state index contributed by atoms with van der Waals surface area (Å²) in [4.78, 5) is 24.6. The van der Waals surface area contributed by atoms with Gasteiger partial charge in [0.25, 0.3) is 11.8 Å². The third-order valence-corrected chi connectivity index (χ3v) is 4.02. The highest BCUT2D eigenvalue weighted by atomic mass is 35.5. The van der Waals surface area contributed by atoms with Gasteiger partial charge in [0.05, 0.1) is 5.69 Å². The molecule has 0 spiro atoms. The molecule has 122 valence electrons. The molecule has 1 saturated heterocycles. The third kappa shape index (κ3) is 2.79. The van der Waals surface area contributed by atoms with E-state index in [0.29, 0.717) is 16.3 Å². The van der Waals surface area contributed by atoms with Crippen LogP contribution in [0.3, 0.4) is 0 Å². The summed E-state index contributed by atoms with van der Waals surface area (Å²) in [5.74, 6) is -1.72. The maximum atomic E-state index is 12.5. The molecule has 0 radical (unpaired) electrons. The van der Waals surface area contributed by atoms with Gasteiger partial charge in [-0.3, -0.25) is 15.0 Å². The number of hydrogen-bond acceptors (Lipinski definition) is 4. The van der Waals surface area contributed by atoms with E-state index < -0.39 is 11.8 Å². The molecule has 6 nitrogen and oxygen atoms in total. The van der Waals surface area contributed by atoms with Crippen molar-refractivity contribution in [1.82, 2.24) is 5.43 Å². The molecule has 0 unspecified atom stereocenters. The highest BCUT2D eigenvalue weighted by molar-refractivity contribution is 6.33. The summed E-state index contributed by atoms with van der Waals surface area (Å²) in [7, 11) is 0. The van der Waals surface area contributed by atoms with Crippen LogP contribution in [0.15, 0.2) is 42.0 Å². The topological polar surface area (TPSA) is 89.9 Å². The standard InChI is InChI=1S/C17H13ClN2O4/c1-9-2-4-11(8-13(9)18)20-17(24)12(16(23)19-20)6-10-3-5-14(21)15(22)7-10/h2-8,21-22H,1H3,(H,19,23)/b12-6-. The van der Waals surface area contributed by atoms with E-state index >= 15 is 0 Å². The SMILES string of the molecule is Cc1ccc(N2NC(=O)/C(=C/c3ccc(O)c(O)c3)C2=O)cc1Cl. The molecule has 1 aliphatic heterocycles. The van der Waals surface area contributed by atoms with E-state index in [1.54, 1.807) is 18.2 Å². The highest BCUT2D eigenvalue weighted by Gasteiger charge is 2.34. The molecule has 2 aromatic rings. The number of nitrogens with one attached hydrogen (secondary N) is 1. The monoisotopic (exact) mass is 344 g/mol. The lowest BCUT2D eigenvalue weighted by molar-refractivity contribution is -0.117. The van der Waals surface area contributed by atoms with Gasteiger partial charge in [-0.05, 0) is 48.4 Å². The molecule has 0 aliphatic carbocycles. The minimum absolute atomic E-state index is 0.0863. The quantitative estimate of drug-likeness (QED) is 0.443. The number of phenolic OH excluding ortho intramolecular Hbond substituents is 2. The van der Waals surface area contributed by atoms with Gasteiger partial charge in [-0.15, -0.1) is 0 Å². The normalized spacial score (nSPS) is 15.9. The minimum Gasteiger partial charge on any atom is -0.504 e. The first-order chi connectivity index (χ1) is 11.4. The first-order valence-electron chi connectivity index (χ1n) is 7.02. The summed E-state index contributed by atoms with van der Waals surface area (Å²) >= 11 is 6.06. The number of benzene rings is 2. The molecule has 1 heterocycles. The summed E-state index contributed by atoms with van der Waals surface area (Å²) in [6.45, 7) is 1.83. The number of amides is 2. The van der Waals surface area contributed by atoms with Gasteiger partial charge in [0, 0.05) is 5.02 Å². The van der Waals surface area contributed by atoms with E-state index in [1.807, 2.05) is 6.92 Å². The molecule has 2 aromatic carbocycles. The van der Waals surface area contributed by atoms with Crippen LogP contribution in [0.25, 0.3) is 6.08 Å². The molecular weight excluding hydrogens is 332 g/mol. The largest absolute Gasteiger partial charge is 0.504 e. The number of phenols is 2. The fraction of sp³-hybridized carbons (Fsp3) is 0.0588. The van der Waals surface area contributed by atoms with Crippen molar-refractivity contribution in [3.63, 3.8) is 0 Å². The average Bonchev–Trinajstić information content (AvgIpc) is 2.82. The van der Waals surface area contributed by atoms with Gasteiger partial charge in [0.2, 0.25) is 0 Å². The van der Waals surface area contributed by atoms with Crippen LogP contribution in [-0.2, 0) is 9.59 Å². The summed E-state index contributed by atoms with van der Waals surface area (Å²) < 4.78 is 0. The molecule has 24 heavy (non-hydrogen) atoms. The van der Waals surface area contributed by atoms with Crippen molar-refractivity contribution >= 4 is 35.2 Å². The van der Waals surface area contributed by atoms with Crippen LogP contribution >= 0.6 is 11.6 Å². The number of halogens is 1. The third-order valence-electron chi connectivity index (χ3n) is 3.62. The number of nitrogens with zero attached hydrogens (tertiary/aromatic N) is 1. The zero-order chi connectivity index (χ0) is 17.4. The molecule has 0 atom stereocenters. The number of carbonyl (C=O) groups excluding carboxylic acids is 2. The average molecular weight is 345 g/mol. The number of hydrazine groups is 1. The van der Waals surface area contributed by atoms with Gasteiger partial charge in [-0.1, -0.05) is 23.7 Å². The van der Waals surface area contributed by atoms with Crippen LogP contribution in [0.4, 0.5) is 5.69 Å². The molecule has 0 saturated carbocycles. The Bertz CT molecular complexity index is 892. The molecule has 3 rings (SSSR count). The van der Waals surface area contributed by atoms with Crippen LogP contribution in [0.1, 0.15) is 11.1 Å². The van der Waals surface area contributed by atoms with E-state index in [4.69, 9.17) is 11.6 Å². The number of carbonyl (C=O) groups is 2. The van der Waals surface area contributed by atoms with E-state index in [1.165, 1.54) is 24.3 Å². The van der Waals surface area contributed by atoms with Crippen molar-refractivity contribution in [2.75, 3.05) is 5.01 Å². The molecule has 1 aliphatic rings. The lowest BCUT2D eigenvalue weighted by atomic mass is 10.1. The van der Waals surface area contributed by atoms with Crippen LogP contribution in [0.2, 0.25) is 5.02 Å². The zero-order valence-corrected chi connectivity index (χ0v) is 13.3. The Kier molecular flexibility index (Phi) is 3.91. The van der Waals surface area contributed by atoms with Crippen molar-refractivity contribution in [2.45, 2.75) is 6.92 Å². The smallest absolute Gasteiger partial charge is 0.282 e. The number of hydrogen-bond donors (Lipinski definition) is 3. The Hall–Kier alpha value is -2.99. The van der Waals surface area contributed by atoms with Crippen LogP contribution < -0.4 is 10.4 Å². The Morgan fingerprint density at radius 1 is 1.08 bits per heavy atom. The van der Waals surface area contributed by atoms with Gasteiger partial charge in [0.1, 0.15) is 5.57 Å². The number of aryl methyl sites for hydroxylation is 1. The lowest BCUT2D eigenvalue weighted by Gasteiger charge is -2.15. The van der Waals surface area contributed by atoms with Crippen molar-refractivity contribution < 1.29 is 19.8 Å². The summed E-state index contributed by atoms with van der Waals surface area (Å²) in [5.41, 5.74) is 4.09. The predicted octanol–water partition coefficient (Wildman–Crippen LogP) is 2.52. The molecule has 0 aromatic heterocycles. The van der Waals surface area contributed by atoms with Crippen molar-refractivity contribution in [2.24, 2.45) is 0 Å². The summed E-state index contributed by atoms with van der Waals surface area (Å²) in [6, 6.07) is 9.02. The second kappa shape index (κ2) is 5.90. The maximum Gasteiger partial charge on any atom is 0.282 e. The van der Waals surface area contributed by atoms with E-state index in [2.05, 4.69) is 5.43 Å². The highest BCUT2D eigenvalue weighted by Crippen LogP contribution is 2.28. The van der Waals surface area contributed by atoms with E-state index in [0.717, 1.165) is 10.6 Å². The van der Waals surface area contributed by atoms with Crippen molar-refractivity contribution in [1.29, 1.82) is 0 Å². The summed E-state index contributed by atoms with van der Waals surface area (Å²) in [5, 5.41) is 20.4. The van der Waals surface area contributed by atoms with Gasteiger partial charge in [0.15, 0.2) is 11.5 Å². The Morgan fingerprint density at radius 2 is 1.83 bits per heavy atom. The van der Waals surface area contributed by atoms with Crippen LogP contribution in [0.5, 0.6) is 11.5 Å². The molecule has 3 N–H and O–H groups in total. The number of aromatic hydroxyl groups is 2. The molecule has 7 heteroatoms. The van der Waals surface area contributed by atoms with Crippen LogP contribution in [0, 0.1) is 6.92 Å².